The zero-order valence-electron chi connectivity index (χ0n) is 13.8. The molecule has 0 aliphatic carbocycles. The minimum absolute atomic E-state index is 0.00450. The quantitative estimate of drug-likeness (QED) is 0.616. The van der Waals surface area contributed by atoms with Gasteiger partial charge in [0.15, 0.2) is 5.78 Å². The maximum absolute atomic E-state index is 12.5. The van der Waals surface area contributed by atoms with Crippen LogP contribution in [-0.2, 0) is 4.74 Å². The van der Waals surface area contributed by atoms with Gasteiger partial charge < -0.3 is 4.74 Å². The molecular weight excluding hydrogens is 262 g/mol. The molecule has 0 radical (unpaired) electrons. The van der Waals surface area contributed by atoms with E-state index in [0.717, 1.165) is 31.5 Å². The van der Waals surface area contributed by atoms with E-state index in [9.17, 15) is 4.79 Å². The molecule has 0 heterocycles. The second-order valence-corrected chi connectivity index (χ2v) is 5.59. The van der Waals surface area contributed by atoms with E-state index in [-0.39, 0.29) is 11.7 Å². The Labute approximate surface area is 129 Å². The van der Waals surface area contributed by atoms with Crippen LogP contribution in [0, 0.1) is 5.92 Å². The second-order valence-electron chi connectivity index (χ2n) is 5.59. The van der Waals surface area contributed by atoms with Gasteiger partial charge in [0.2, 0.25) is 0 Å². The monoisotopic (exact) mass is 291 g/mol. The lowest BCUT2D eigenvalue weighted by Crippen LogP contribution is -2.41. The van der Waals surface area contributed by atoms with Gasteiger partial charge in [0, 0.05) is 37.7 Å². The van der Waals surface area contributed by atoms with Crippen molar-refractivity contribution in [2.24, 2.45) is 5.92 Å². The SMILES string of the molecule is CCC(CC)N(CCOC)CC(C)C(=O)c1ccccc1. The Kier molecular flexibility index (Phi) is 8.24. The molecule has 0 spiro atoms. The Balaban J connectivity index is 2.70. The Hall–Kier alpha value is -1.19. The lowest BCUT2D eigenvalue weighted by atomic mass is 9.97. The lowest BCUT2D eigenvalue weighted by molar-refractivity contribution is 0.0792. The predicted octanol–water partition coefficient (Wildman–Crippen LogP) is 3.64. The molecule has 1 rings (SSSR count). The highest BCUT2D eigenvalue weighted by Crippen LogP contribution is 2.15. The number of carbonyl (C=O) groups excluding carboxylic acids is 1. The molecule has 0 N–H and O–H groups in total. The first-order valence-electron chi connectivity index (χ1n) is 7.96. The van der Waals surface area contributed by atoms with Crippen molar-refractivity contribution in [2.45, 2.75) is 39.7 Å². The lowest BCUT2D eigenvalue weighted by Gasteiger charge is -2.32. The molecule has 0 aliphatic heterocycles. The Morgan fingerprint density at radius 2 is 1.81 bits per heavy atom. The number of nitrogens with zero attached hydrogens (tertiary/aromatic N) is 1. The van der Waals surface area contributed by atoms with Gasteiger partial charge in [-0.25, -0.2) is 0 Å². The van der Waals surface area contributed by atoms with Gasteiger partial charge in [0.05, 0.1) is 6.61 Å². The first-order valence-corrected chi connectivity index (χ1v) is 7.96. The van der Waals surface area contributed by atoms with E-state index in [2.05, 4.69) is 18.7 Å². The van der Waals surface area contributed by atoms with Gasteiger partial charge in [-0.2, -0.15) is 0 Å². The van der Waals surface area contributed by atoms with Crippen LogP contribution in [0.5, 0.6) is 0 Å². The van der Waals surface area contributed by atoms with Gasteiger partial charge in [0.25, 0.3) is 0 Å². The Morgan fingerprint density at radius 1 is 1.19 bits per heavy atom. The third-order valence-electron chi connectivity index (χ3n) is 4.06. The fourth-order valence-electron chi connectivity index (χ4n) is 2.76. The van der Waals surface area contributed by atoms with Gasteiger partial charge in [0.1, 0.15) is 0 Å². The van der Waals surface area contributed by atoms with Crippen molar-refractivity contribution in [3.05, 3.63) is 35.9 Å². The molecule has 1 aromatic carbocycles. The van der Waals surface area contributed by atoms with Gasteiger partial charge in [-0.1, -0.05) is 51.1 Å². The van der Waals surface area contributed by atoms with E-state index in [1.807, 2.05) is 37.3 Å². The summed E-state index contributed by atoms with van der Waals surface area (Å²) >= 11 is 0. The number of ketones is 1. The first-order chi connectivity index (χ1) is 10.1. The van der Waals surface area contributed by atoms with Crippen LogP contribution in [-0.4, -0.2) is 43.5 Å². The molecule has 1 atom stereocenters. The van der Waals surface area contributed by atoms with Crippen LogP contribution in [0.3, 0.4) is 0 Å². The predicted molar refractivity (Wildman–Crippen MR) is 87.8 cm³/mol. The molecule has 0 aliphatic rings. The van der Waals surface area contributed by atoms with Crippen LogP contribution in [0.25, 0.3) is 0 Å². The number of ether oxygens (including phenoxy) is 1. The highest BCUT2D eigenvalue weighted by atomic mass is 16.5. The van der Waals surface area contributed by atoms with Crippen LogP contribution in [0.4, 0.5) is 0 Å². The molecular formula is C18H29NO2. The van der Waals surface area contributed by atoms with Crippen molar-refractivity contribution in [3.8, 4) is 0 Å². The van der Waals surface area contributed by atoms with Gasteiger partial charge in [-0.3, -0.25) is 9.69 Å². The highest BCUT2D eigenvalue weighted by molar-refractivity contribution is 5.97. The molecule has 0 saturated heterocycles. The van der Waals surface area contributed by atoms with Gasteiger partial charge in [-0.05, 0) is 12.8 Å². The smallest absolute Gasteiger partial charge is 0.166 e. The summed E-state index contributed by atoms with van der Waals surface area (Å²) in [5.74, 6) is 0.230. The van der Waals surface area contributed by atoms with Crippen molar-refractivity contribution < 1.29 is 9.53 Å². The number of rotatable bonds is 10. The maximum Gasteiger partial charge on any atom is 0.166 e. The summed E-state index contributed by atoms with van der Waals surface area (Å²) in [6, 6.07) is 10.1. The fourth-order valence-corrected chi connectivity index (χ4v) is 2.76. The van der Waals surface area contributed by atoms with E-state index in [4.69, 9.17) is 4.74 Å². The molecule has 0 amide bonds. The zero-order valence-corrected chi connectivity index (χ0v) is 13.8. The number of hydrogen-bond donors (Lipinski definition) is 0. The summed E-state index contributed by atoms with van der Waals surface area (Å²) in [6.07, 6.45) is 2.21. The van der Waals surface area contributed by atoms with Crippen LogP contribution in [0.1, 0.15) is 44.0 Å². The summed E-state index contributed by atoms with van der Waals surface area (Å²) in [5.41, 5.74) is 0.807. The van der Waals surface area contributed by atoms with E-state index in [0.29, 0.717) is 12.6 Å². The van der Waals surface area contributed by atoms with Crippen LogP contribution in [0.2, 0.25) is 0 Å². The van der Waals surface area contributed by atoms with E-state index < -0.39 is 0 Å². The molecule has 1 unspecified atom stereocenters. The number of methoxy groups -OCH3 is 1. The van der Waals surface area contributed by atoms with Gasteiger partial charge >= 0.3 is 0 Å². The van der Waals surface area contributed by atoms with Crippen LogP contribution < -0.4 is 0 Å². The molecule has 1 aromatic rings. The molecule has 3 heteroatoms. The molecule has 0 bridgehead atoms. The minimum Gasteiger partial charge on any atom is -0.383 e. The number of carbonyl (C=O) groups is 1. The van der Waals surface area contributed by atoms with Crippen molar-refractivity contribution >= 4 is 5.78 Å². The maximum atomic E-state index is 12.5. The van der Waals surface area contributed by atoms with Crippen molar-refractivity contribution in [1.29, 1.82) is 0 Å². The number of benzene rings is 1. The Bertz CT molecular complexity index is 401. The van der Waals surface area contributed by atoms with Gasteiger partial charge in [-0.15, -0.1) is 0 Å². The largest absolute Gasteiger partial charge is 0.383 e. The van der Waals surface area contributed by atoms with Crippen molar-refractivity contribution in [2.75, 3.05) is 26.8 Å². The highest BCUT2D eigenvalue weighted by Gasteiger charge is 2.22. The van der Waals surface area contributed by atoms with E-state index in [1.54, 1.807) is 7.11 Å². The third kappa shape index (κ3) is 5.60. The summed E-state index contributed by atoms with van der Waals surface area (Å²) in [6.45, 7) is 8.83. The average molecular weight is 291 g/mol. The second kappa shape index (κ2) is 9.69. The molecule has 0 aromatic heterocycles. The van der Waals surface area contributed by atoms with Crippen molar-refractivity contribution in [3.63, 3.8) is 0 Å². The van der Waals surface area contributed by atoms with E-state index in [1.165, 1.54) is 0 Å². The number of Topliss-reactive ketones (excluding diaryl/α,β-unsaturated/α-hetero) is 1. The standard InChI is InChI=1S/C18H29NO2/c1-5-17(6-2)19(12-13-21-4)14-15(3)18(20)16-10-8-7-9-11-16/h7-11,15,17H,5-6,12-14H2,1-4H3. The summed E-state index contributed by atoms with van der Waals surface area (Å²) in [7, 11) is 1.73. The van der Waals surface area contributed by atoms with Crippen LogP contribution in [0.15, 0.2) is 30.3 Å². The first kappa shape index (κ1) is 17.9. The fraction of sp³-hybridized carbons (Fsp3) is 0.611. The summed E-state index contributed by atoms with van der Waals surface area (Å²) in [4.78, 5) is 14.9. The topological polar surface area (TPSA) is 29.5 Å². The molecule has 3 nitrogen and oxygen atoms in total. The molecule has 0 saturated carbocycles. The summed E-state index contributed by atoms with van der Waals surface area (Å²) in [5, 5.41) is 0. The minimum atomic E-state index is 0.00450. The van der Waals surface area contributed by atoms with Crippen LogP contribution >= 0.6 is 0 Å². The normalized spacial score (nSPS) is 12.9. The molecule has 118 valence electrons. The van der Waals surface area contributed by atoms with E-state index >= 15 is 0 Å². The number of hydrogen-bond acceptors (Lipinski definition) is 3. The zero-order chi connectivity index (χ0) is 15.7. The molecule has 0 fully saturated rings. The Morgan fingerprint density at radius 3 is 2.33 bits per heavy atom. The average Bonchev–Trinajstić information content (AvgIpc) is 2.53. The third-order valence-corrected chi connectivity index (χ3v) is 4.06. The summed E-state index contributed by atoms with van der Waals surface area (Å²) < 4.78 is 5.21. The van der Waals surface area contributed by atoms with Crippen molar-refractivity contribution in [1.82, 2.24) is 4.90 Å². The molecule has 21 heavy (non-hydrogen) atoms.